The molecule has 2 aromatic carbocycles. The van der Waals surface area contributed by atoms with E-state index in [0.29, 0.717) is 16.7 Å². The van der Waals surface area contributed by atoms with Crippen molar-refractivity contribution >= 4 is 29.3 Å². The zero-order valence-electron chi connectivity index (χ0n) is 14.8. The fourth-order valence-corrected chi connectivity index (χ4v) is 3.34. The van der Waals surface area contributed by atoms with Gasteiger partial charge >= 0.3 is 0 Å². The van der Waals surface area contributed by atoms with Crippen molar-refractivity contribution < 1.29 is 9.53 Å². The van der Waals surface area contributed by atoms with Gasteiger partial charge in [-0.2, -0.15) is 0 Å². The first-order chi connectivity index (χ1) is 12.0. The molecular weight excluding hydrogens is 354 g/mol. The number of amides is 1. The Hall–Kier alpha value is -1.65. The van der Waals surface area contributed by atoms with Crippen molar-refractivity contribution in [3.63, 3.8) is 0 Å². The largest absolute Gasteiger partial charge is 0.497 e. The molecule has 2 rings (SSSR count). The van der Waals surface area contributed by atoms with Crippen LogP contribution in [0.4, 0.5) is 0 Å². The number of benzene rings is 2. The van der Waals surface area contributed by atoms with Crippen molar-refractivity contribution in [3.05, 3.63) is 59.1 Å². The van der Waals surface area contributed by atoms with Crippen LogP contribution in [0.3, 0.4) is 0 Å². The molecule has 134 valence electrons. The van der Waals surface area contributed by atoms with Gasteiger partial charge in [-0.1, -0.05) is 37.6 Å². The summed E-state index contributed by atoms with van der Waals surface area (Å²) in [4.78, 5) is 13.4. The molecule has 0 spiro atoms. The molecule has 5 heteroatoms. The molecule has 0 aliphatic carbocycles. The quantitative estimate of drug-likeness (QED) is 0.630. The first-order valence-corrected chi connectivity index (χ1v) is 9.66. The predicted octanol–water partition coefficient (Wildman–Crippen LogP) is 5.34. The van der Waals surface area contributed by atoms with Gasteiger partial charge in [0.05, 0.1) is 18.9 Å². The van der Waals surface area contributed by atoms with Gasteiger partial charge in [0.2, 0.25) is 5.91 Å². The lowest BCUT2D eigenvalue weighted by atomic mass is 9.97. The Morgan fingerprint density at radius 1 is 1.12 bits per heavy atom. The topological polar surface area (TPSA) is 38.3 Å². The molecule has 0 aliphatic rings. The predicted molar refractivity (Wildman–Crippen MR) is 106 cm³/mol. The summed E-state index contributed by atoms with van der Waals surface area (Å²) >= 11 is 7.39. The maximum atomic E-state index is 12.4. The summed E-state index contributed by atoms with van der Waals surface area (Å²) in [6.07, 6.45) is 0.893. The zero-order valence-corrected chi connectivity index (χ0v) is 16.4. The van der Waals surface area contributed by atoms with Gasteiger partial charge in [0, 0.05) is 9.92 Å². The summed E-state index contributed by atoms with van der Waals surface area (Å²) in [5.41, 5.74) is 1.10. The van der Waals surface area contributed by atoms with Crippen LogP contribution >= 0.6 is 23.4 Å². The maximum Gasteiger partial charge on any atom is 0.230 e. The average molecular weight is 378 g/mol. The van der Waals surface area contributed by atoms with E-state index in [2.05, 4.69) is 19.2 Å². The van der Waals surface area contributed by atoms with Gasteiger partial charge in [-0.15, -0.1) is 11.8 Å². The number of carbonyl (C=O) groups is 1. The van der Waals surface area contributed by atoms with Gasteiger partial charge in [-0.25, -0.2) is 0 Å². The summed E-state index contributed by atoms with van der Waals surface area (Å²) in [5, 5.41) is 3.86. The Morgan fingerprint density at radius 3 is 2.32 bits per heavy atom. The van der Waals surface area contributed by atoms with E-state index < -0.39 is 0 Å². The Balaban J connectivity index is 1.97. The van der Waals surface area contributed by atoms with E-state index in [9.17, 15) is 4.79 Å². The van der Waals surface area contributed by atoms with Crippen LogP contribution < -0.4 is 10.1 Å². The molecule has 0 aliphatic heterocycles. The summed E-state index contributed by atoms with van der Waals surface area (Å²) in [6, 6.07) is 15.4. The molecule has 2 aromatic rings. The summed E-state index contributed by atoms with van der Waals surface area (Å²) in [6.45, 7) is 4.32. The van der Waals surface area contributed by atoms with Crippen LogP contribution in [-0.4, -0.2) is 18.8 Å². The van der Waals surface area contributed by atoms with E-state index in [1.807, 2.05) is 48.5 Å². The fourth-order valence-electron chi connectivity index (χ4n) is 2.50. The third-order valence-corrected chi connectivity index (χ3v) is 5.01. The Bertz CT molecular complexity index is 671. The van der Waals surface area contributed by atoms with E-state index >= 15 is 0 Å². The highest BCUT2D eigenvalue weighted by Crippen LogP contribution is 2.25. The summed E-state index contributed by atoms with van der Waals surface area (Å²) in [5.74, 6) is 1.71. The minimum absolute atomic E-state index is 0.00391. The molecule has 25 heavy (non-hydrogen) atoms. The van der Waals surface area contributed by atoms with Crippen molar-refractivity contribution in [1.29, 1.82) is 0 Å². The normalized spacial score (nSPS) is 12.0. The second-order valence-corrected chi connectivity index (χ2v) is 7.75. The minimum Gasteiger partial charge on any atom is -0.497 e. The van der Waals surface area contributed by atoms with Crippen LogP contribution in [0, 0.1) is 5.92 Å². The Labute approximate surface area is 159 Å². The highest BCUT2D eigenvalue weighted by atomic mass is 35.5. The first-order valence-electron chi connectivity index (χ1n) is 8.29. The minimum atomic E-state index is 0.00391. The molecule has 1 atom stereocenters. The zero-order chi connectivity index (χ0) is 18.2. The molecule has 1 amide bonds. The van der Waals surface area contributed by atoms with E-state index in [4.69, 9.17) is 16.3 Å². The van der Waals surface area contributed by atoms with Crippen molar-refractivity contribution in [2.75, 3.05) is 12.9 Å². The molecule has 0 saturated heterocycles. The van der Waals surface area contributed by atoms with Crippen LogP contribution in [0.15, 0.2) is 53.4 Å². The van der Waals surface area contributed by atoms with Crippen molar-refractivity contribution in [3.8, 4) is 5.75 Å². The second-order valence-electron chi connectivity index (χ2n) is 6.27. The van der Waals surface area contributed by atoms with Gasteiger partial charge in [0.25, 0.3) is 0 Å². The van der Waals surface area contributed by atoms with Gasteiger partial charge in [0.1, 0.15) is 5.75 Å². The third-order valence-electron chi connectivity index (χ3n) is 3.74. The van der Waals surface area contributed by atoms with Crippen molar-refractivity contribution in [2.24, 2.45) is 5.92 Å². The number of rotatable bonds is 8. The Morgan fingerprint density at radius 2 is 1.76 bits per heavy atom. The molecule has 0 radical (unpaired) electrons. The fraction of sp³-hybridized carbons (Fsp3) is 0.350. The highest BCUT2D eigenvalue weighted by Gasteiger charge is 2.16. The molecular formula is C20H24ClNO2S. The van der Waals surface area contributed by atoms with E-state index in [-0.39, 0.29) is 11.9 Å². The van der Waals surface area contributed by atoms with Crippen LogP contribution in [0.25, 0.3) is 0 Å². The number of thioether (sulfide) groups is 1. The van der Waals surface area contributed by atoms with Crippen molar-refractivity contribution in [1.82, 2.24) is 5.32 Å². The number of halogens is 1. The highest BCUT2D eigenvalue weighted by molar-refractivity contribution is 8.00. The lowest BCUT2D eigenvalue weighted by molar-refractivity contribution is -0.119. The smallest absolute Gasteiger partial charge is 0.230 e. The first kappa shape index (κ1) is 19.7. The molecule has 3 nitrogen and oxygen atoms in total. The number of hydrogen-bond acceptors (Lipinski definition) is 3. The van der Waals surface area contributed by atoms with Crippen LogP contribution in [0.5, 0.6) is 5.75 Å². The molecule has 0 aromatic heterocycles. The van der Waals surface area contributed by atoms with Crippen LogP contribution in [0.2, 0.25) is 5.02 Å². The molecule has 1 N–H and O–H groups in total. The number of nitrogens with one attached hydrogen (secondary N) is 1. The molecule has 0 heterocycles. The molecule has 0 saturated carbocycles. The molecule has 0 unspecified atom stereocenters. The molecule has 0 bridgehead atoms. The lowest BCUT2D eigenvalue weighted by Crippen LogP contribution is -2.30. The second kappa shape index (κ2) is 9.73. The third kappa shape index (κ3) is 6.63. The lowest BCUT2D eigenvalue weighted by Gasteiger charge is -2.21. The van der Waals surface area contributed by atoms with Gasteiger partial charge < -0.3 is 10.1 Å². The maximum absolute atomic E-state index is 12.4. The van der Waals surface area contributed by atoms with Crippen LogP contribution in [-0.2, 0) is 4.79 Å². The van der Waals surface area contributed by atoms with Gasteiger partial charge in [0.15, 0.2) is 0 Å². The summed E-state index contributed by atoms with van der Waals surface area (Å²) in [7, 11) is 1.65. The summed E-state index contributed by atoms with van der Waals surface area (Å²) < 4.78 is 5.21. The SMILES string of the molecule is COc1ccc([C@H](CC(C)C)NC(=O)CSc2ccc(Cl)cc2)cc1. The van der Waals surface area contributed by atoms with Gasteiger partial charge in [-0.3, -0.25) is 4.79 Å². The number of ether oxygens (including phenoxy) is 1. The van der Waals surface area contributed by atoms with Crippen molar-refractivity contribution in [2.45, 2.75) is 31.2 Å². The number of carbonyl (C=O) groups excluding carboxylic acids is 1. The average Bonchev–Trinajstić information content (AvgIpc) is 2.60. The standard InChI is InChI=1S/C20H24ClNO2S/c1-14(2)12-19(15-4-8-17(24-3)9-5-15)22-20(23)13-25-18-10-6-16(21)7-11-18/h4-11,14,19H,12-13H2,1-3H3,(H,22,23)/t19-/m0/s1. The number of hydrogen-bond donors (Lipinski definition) is 1. The monoisotopic (exact) mass is 377 g/mol. The van der Waals surface area contributed by atoms with Crippen LogP contribution in [0.1, 0.15) is 31.9 Å². The van der Waals surface area contributed by atoms with E-state index in [0.717, 1.165) is 22.6 Å². The number of methoxy groups -OCH3 is 1. The van der Waals surface area contributed by atoms with E-state index in [1.165, 1.54) is 11.8 Å². The van der Waals surface area contributed by atoms with E-state index in [1.54, 1.807) is 7.11 Å². The van der Waals surface area contributed by atoms with Gasteiger partial charge in [-0.05, 0) is 54.3 Å². The Kier molecular flexibility index (Phi) is 7.66. The molecule has 0 fully saturated rings.